The van der Waals surface area contributed by atoms with Crippen LogP contribution in [-0.2, 0) is 16.0 Å². The van der Waals surface area contributed by atoms with Crippen LogP contribution in [0.2, 0.25) is 0 Å². The van der Waals surface area contributed by atoms with E-state index in [9.17, 15) is 9.59 Å². The number of nitriles is 1. The zero-order valence-corrected chi connectivity index (χ0v) is 11.4. The minimum Gasteiger partial charge on any atom is -0.480 e. The lowest BCUT2D eigenvalue weighted by atomic mass is 10.0. The monoisotopic (exact) mass is 274 g/mol. The summed E-state index contributed by atoms with van der Waals surface area (Å²) >= 11 is 0. The Morgan fingerprint density at radius 2 is 2.00 bits per heavy atom. The molecule has 0 saturated heterocycles. The predicted octanol–water partition coefficient (Wildman–Crippen LogP) is 1.74. The Morgan fingerprint density at radius 1 is 1.35 bits per heavy atom. The number of hydrogen-bond acceptors (Lipinski definition) is 3. The van der Waals surface area contributed by atoms with Crippen molar-refractivity contribution in [1.29, 1.82) is 5.26 Å². The number of nitrogens with one attached hydrogen (secondary N) is 1. The van der Waals surface area contributed by atoms with Gasteiger partial charge in [0.15, 0.2) is 0 Å². The molecule has 0 radical (unpaired) electrons. The number of amides is 1. The van der Waals surface area contributed by atoms with E-state index >= 15 is 0 Å². The fourth-order valence-electron chi connectivity index (χ4n) is 1.80. The van der Waals surface area contributed by atoms with E-state index in [1.54, 1.807) is 6.92 Å². The highest BCUT2D eigenvalue weighted by Crippen LogP contribution is 2.07. The van der Waals surface area contributed by atoms with Crippen LogP contribution in [0.25, 0.3) is 0 Å². The molecule has 1 aromatic carbocycles. The minimum absolute atomic E-state index is 0.114. The third-order valence-corrected chi connectivity index (χ3v) is 2.93. The van der Waals surface area contributed by atoms with Crippen LogP contribution in [0.3, 0.4) is 0 Å². The van der Waals surface area contributed by atoms with Crippen LogP contribution in [0.5, 0.6) is 0 Å². The third kappa shape index (κ3) is 5.53. The van der Waals surface area contributed by atoms with Crippen LogP contribution in [-0.4, -0.2) is 23.0 Å². The molecule has 0 fully saturated rings. The summed E-state index contributed by atoms with van der Waals surface area (Å²) in [6.45, 7) is 1.63. The lowest BCUT2D eigenvalue weighted by Gasteiger charge is -2.15. The summed E-state index contributed by atoms with van der Waals surface area (Å²) in [5.74, 6) is -1.84. The molecular formula is C15H18N2O3. The number of carbonyl (C=O) groups excluding carboxylic acids is 1. The van der Waals surface area contributed by atoms with E-state index in [0.717, 1.165) is 5.56 Å². The quantitative estimate of drug-likeness (QED) is 0.792. The van der Waals surface area contributed by atoms with Crippen LogP contribution < -0.4 is 5.32 Å². The molecule has 0 aliphatic rings. The van der Waals surface area contributed by atoms with Gasteiger partial charge in [-0.15, -0.1) is 0 Å². The molecule has 2 atom stereocenters. The number of carbonyl (C=O) groups is 2. The number of nitrogens with zero attached hydrogens (tertiary/aromatic N) is 1. The summed E-state index contributed by atoms with van der Waals surface area (Å²) in [7, 11) is 0. The smallest absolute Gasteiger partial charge is 0.326 e. The molecule has 1 rings (SSSR count). The van der Waals surface area contributed by atoms with E-state index in [1.165, 1.54) is 0 Å². The van der Waals surface area contributed by atoms with Gasteiger partial charge in [0.1, 0.15) is 6.04 Å². The largest absolute Gasteiger partial charge is 0.480 e. The maximum absolute atomic E-state index is 11.7. The van der Waals surface area contributed by atoms with Crippen LogP contribution in [0.15, 0.2) is 30.3 Å². The average molecular weight is 274 g/mol. The summed E-state index contributed by atoms with van der Waals surface area (Å²) in [4.78, 5) is 22.8. The average Bonchev–Trinajstić information content (AvgIpc) is 2.45. The molecule has 5 nitrogen and oxygen atoms in total. The fraction of sp³-hybridized carbons (Fsp3) is 0.400. The van der Waals surface area contributed by atoms with E-state index in [1.807, 2.05) is 36.4 Å². The lowest BCUT2D eigenvalue weighted by molar-refractivity contribution is -0.142. The van der Waals surface area contributed by atoms with E-state index in [0.29, 0.717) is 6.42 Å². The Balaban J connectivity index is 2.46. The van der Waals surface area contributed by atoms with Crippen molar-refractivity contribution in [2.24, 2.45) is 5.92 Å². The molecule has 0 bridgehead atoms. The maximum Gasteiger partial charge on any atom is 0.326 e. The molecular weight excluding hydrogens is 256 g/mol. The summed E-state index contributed by atoms with van der Waals surface area (Å²) in [5, 5.41) is 20.2. The van der Waals surface area contributed by atoms with Crippen molar-refractivity contribution in [3.63, 3.8) is 0 Å². The third-order valence-electron chi connectivity index (χ3n) is 2.93. The lowest BCUT2D eigenvalue weighted by Crippen LogP contribution is -2.41. The first-order valence-corrected chi connectivity index (χ1v) is 6.48. The Kier molecular flexibility index (Phi) is 6.24. The van der Waals surface area contributed by atoms with Crippen molar-refractivity contribution in [2.75, 3.05) is 0 Å². The van der Waals surface area contributed by atoms with E-state index in [4.69, 9.17) is 10.4 Å². The van der Waals surface area contributed by atoms with Gasteiger partial charge in [0.25, 0.3) is 0 Å². The summed E-state index contributed by atoms with van der Waals surface area (Å²) < 4.78 is 0. The van der Waals surface area contributed by atoms with Gasteiger partial charge in [-0.2, -0.15) is 5.26 Å². The molecule has 2 N–H and O–H groups in total. The topological polar surface area (TPSA) is 90.2 Å². The molecule has 1 amide bonds. The molecule has 0 aliphatic heterocycles. The molecule has 5 heteroatoms. The summed E-state index contributed by atoms with van der Waals surface area (Å²) in [6, 6.07) is 10.5. The van der Waals surface area contributed by atoms with Gasteiger partial charge in [-0.25, -0.2) is 4.79 Å². The number of carboxylic acids is 1. The molecule has 0 heterocycles. The van der Waals surface area contributed by atoms with Crippen molar-refractivity contribution in [3.8, 4) is 6.07 Å². The van der Waals surface area contributed by atoms with Crippen LogP contribution >= 0.6 is 0 Å². The van der Waals surface area contributed by atoms with Crippen LogP contribution in [0.1, 0.15) is 25.3 Å². The van der Waals surface area contributed by atoms with Gasteiger partial charge in [-0.05, 0) is 25.3 Å². The Labute approximate surface area is 118 Å². The highest BCUT2D eigenvalue weighted by Gasteiger charge is 2.22. The first-order chi connectivity index (χ1) is 9.52. The molecule has 0 spiro atoms. The van der Waals surface area contributed by atoms with Gasteiger partial charge in [0.2, 0.25) is 5.91 Å². The normalized spacial score (nSPS) is 13.0. The number of carboxylic acid groups (broad SMARTS) is 1. The van der Waals surface area contributed by atoms with Crippen LogP contribution in [0, 0.1) is 17.2 Å². The number of aryl methyl sites for hydroxylation is 1. The van der Waals surface area contributed by atoms with Gasteiger partial charge in [0.05, 0.1) is 6.07 Å². The molecule has 106 valence electrons. The first-order valence-electron chi connectivity index (χ1n) is 6.48. The van der Waals surface area contributed by atoms with Crippen LogP contribution in [0.4, 0.5) is 0 Å². The van der Waals surface area contributed by atoms with Crippen molar-refractivity contribution in [3.05, 3.63) is 35.9 Å². The summed E-state index contributed by atoms with van der Waals surface area (Å²) in [5.41, 5.74) is 1.03. The second-order valence-electron chi connectivity index (χ2n) is 4.71. The second kappa shape index (κ2) is 7.95. The zero-order chi connectivity index (χ0) is 15.0. The van der Waals surface area contributed by atoms with Gasteiger partial charge < -0.3 is 10.4 Å². The highest BCUT2D eigenvalue weighted by atomic mass is 16.4. The van der Waals surface area contributed by atoms with E-state index in [-0.39, 0.29) is 18.7 Å². The van der Waals surface area contributed by atoms with Crippen molar-refractivity contribution in [2.45, 2.75) is 32.2 Å². The predicted molar refractivity (Wildman–Crippen MR) is 73.7 cm³/mol. The number of benzene rings is 1. The number of rotatable bonds is 7. The standard InChI is InChI=1S/C15H18N2O3/c1-11(10-16)9-13(15(19)20)17-14(18)8-7-12-5-3-2-4-6-12/h2-6,11,13H,7-9H2,1H3,(H,17,18)(H,19,20)/t11-,13-/m1/s1. The second-order valence-corrected chi connectivity index (χ2v) is 4.71. The van der Waals surface area contributed by atoms with Gasteiger partial charge >= 0.3 is 5.97 Å². The van der Waals surface area contributed by atoms with Crippen molar-refractivity contribution in [1.82, 2.24) is 5.32 Å². The number of hydrogen-bond donors (Lipinski definition) is 2. The fourth-order valence-corrected chi connectivity index (χ4v) is 1.80. The van der Waals surface area contributed by atoms with Crippen molar-refractivity contribution < 1.29 is 14.7 Å². The molecule has 0 aliphatic carbocycles. The first kappa shape index (κ1) is 15.7. The van der Waals surface area contributed by atoms with Gasteiger partial charge in [-0.1, -0.05) is 30.3 Å². The van der Waals surface area contributed by atoms with E-state index in [2.05, 4.69) is 5.32 Å². The van der Waals surface area contributed by atoms with Crippen molar-refractivity contribution >= 4 is 11.9 Å². The zero-order valence-electron chi connectivity index (χ0n) is 11.4. The minimum atomic E-state index is -1.11. The highest BCUT2D eigenvalue weighted by molar-refractivity contribution is 5.83. The number of aliphatic carboxylic acids is 1. The van der Waals surface area contributed by atoms with E-state index < -0.39 is 17.9 Å². The molecule has 0 unspecified atom stereocenters. The maximum atomic E-state index is 11.7. The molecule has 20 heavy (non-hydrogen) atoms. The molecule has 0 saturated carbocycles. The van der Waals surface area contributed by atoms with Gasteiger partial charge in [-0.3, -0.25) is 4.79 Å². The Morgan fingerprint density at radius 3 is 2.55 bits per heavy atom. The molecule has 0 aromatic heterocycles. The molecule has 1 aromatic rings. The SMILES string of the molecule is C[C@@H](C#N)C[C@@H](NC(=O)CCc1ccccc1)C(=O)O. The van der Waals surface area contributed by atoms with Gasteiger partial charge in [0, 0.05) is 12.3 Å². The summed E-state index contributed by atoms with van der Waals surface area (Å²) in [6.07, 6.45) is 0.907. The Hall–Kier alpha value is -2.35. The Bertz CT molecular complexity index is 494.